The quantitative estimate of drug-likeness (QED) is 0.826. The molecule has 0 unspecified atom stereocenters. The van der Waals surface area contributed by atoms with Gasteiger partial charge in [-0.3, -0.25) is 4.79 Å². The molecule has 2 saturated heterocycles. The summed E-state index contributed by atoms with van der Waals surface area (Å²) in [6, 6.07) is 6.98. The molecule has 1 N–H and O–H groups in total. The Morgan fingerprint density at radius 1 is 1.07 bits per heavy atom. The molecule has 1 aromatic carbocycles. The van der Waals surface area contributed by atoms with E-state index in [0.717, 1.165) is 12.8 Å². The van der Waals surface area contributed by atoms with E-state index >= 15 is 0 Å². The standard InChI is InChI=1S/C20H29FN4O3/c1-2-28-20(27)25-9-7-16(8-10-25)22-15-19(26)24-13-11-23(12-14-24)18-6-4-3-5-17(18)21/h3-6,16,22H,2,7-15H2,1H3. The summed E-state index contributed by atoms with van der Waals surface area (Å²) in [6.07, 6.45) is 1.37. The highest BCUT2D eigenvalue weighted by atomic mass is 19.1. The van der Waals surface area contributed by atoms with Gasteiger partial charge in [0.25, 0.3) is 0 Å². The number of anilines is 1. The highest BCUT2D eigenvalue weighted by molar-refractivity contribution is 5.78. The van der Waals surface area contributed by atoms with Crippen LogP contribution in [0.3, 0.4) is 0 Å². The average molecular weight is 392 g/mol. The van der Waals surface area contributed by atoms with Crippen molar-refractivity contribution in [3.05, 3.63) is 30.1 Å². The number of benzene rings is 1. The molecule has 3 rings (SSSR count). The Morgan fingerprint density at radius 3 is 2.39 bits per heavy atom. The van der Waals surface area contributed by atoms with Gasteiger partial charge >= 0.3 is 6.09 Å². The molecular weight excluding hydrogens is 363 g/mol. The molecule has 2 aliphatic rings. The van der Waals surface area contributed by atoms with Crippen LogP contribution in [-0.2, 0) is 9.53 Å². The van der Waals surface area contributed by atoms with Crippen molar-refractivity contribution in [2.75, 3.05) is 57.3 Å². The molecule has 154 valence electrons. The number of hydrogen-bond acceptors (Lipinski definition) is 5. The van der Waals surface area contributed by atoms with E-state index in [-0.39, 0.29) is 23.9 Å². The summed E-state index contributed by atoms with van der Waals surface area (Å²) >= 11 is 0. The van der Waals surface area contributed by atoms with Crippen molar-refractivity contribution in [2.45, 2.75) is 25.8 Å². The van der Waals surface area contributed by atoms with Crippen LogP contribution in [0.4, 0.5) is 14.9 Å². The lowest BCUT2D eigenvalue weighted by Crippen LogP contribution is -2.52. The summed E-state index contributed by atoms with van der Waals surface area (Å²) in [5, 5.41) is 3.32. The molecule has 0 aliphatic carbocycles. The highest BCUT2D eigenvalue weighted by Gasteiger charge is 2.26. The van der Waals surface area contributed by atoms with Crippen molar-refractivity contribution in [3.8, 4) is 0 Å². The minimum atomic E-state index is -0.259. The van der Waals surface area contributed by atoms with E-state index in [2.05, 4.69) is 5.32 Å². The van der Waals surface area contributed by atoms with Gasteiger partial charge < -0.3 is 24.8 Å². The van der Waals surface area contributed by atoms with Crippen LogP contribution in [0.25, 0.3) is 0 Å². The number of piperidine rings is 1. The number of carbonyl (C=O) groups is 2. The first-order valence-electron chi connectivity index (χ1n) is 10.0. The van der Waals surface area contributed by atoms with Gasteiger partial charge in [0.2, 0.25) is 5.91 Å². The van der Waals surface area contributed by atoms with Crippen molar-refractivity contribution in [2.24, 2.45) is 0 Å². The molecule has 0 spiro atoms. The number of para-hydroxylation sites is 1. The predicted octanol–water partition coefficient (Wildman–Crippen LogP) is 1.68. The van der Waals surface area contributed by atoms with Crippen LogP contribution in [0, 0.1) is 5.82 Å². The summed E-state index contributed by atoms with van der Waals surface area (Å²) in [4.78, 5) is 29.7. The normalized spacial score (nSPS) is 18.3. The second-order valence-corrected chi connectivity index (χ2v) is 7.16. The molecule has 0 aromatic heterocycles. The highest BCUT2D eigenvalue weighted by Crippen LogP contribution is 2.20. The number of carbonyl (C=O) groups excluding carboxylic acids is 2. The number of hydrogen-bond donors (Lipinski definition) is 1. The molecule has 0 radical (unpaired) electrons. The molecule has 7 nitrogen and oxygen atoms in total. The summed E-state index contributed by atoms with van der Waals surface area (Å²) in [6.45, 7) is 6.22. The predicted molar refractivity (Wildman–Crippen MR) is 105 cm³/mol. The number of nitrogens with one attached hydrogen (secondary N) is 1. The summed E-state index contributed by atoms with van der Waals surface area (Å²) in [5.74, 6) is -0.154. The molecule has 2 aliphatic heterocycles. The average Bonchev–Trinajstić information content (AvgIpc) is 2.73. The number of halogens is 1. The van der Waals surface area contributed by atoms with Gasteiger partial charge in [-0.1, -0.05) is 12.1 Å². The molecule has 2 amide bonds. The van der Waals surface area contributed by atoms with Gasteiger partial charge in [0, 0.05) is 45.3 Å². The number of likely N-dealkylation sites (tertiary alicyclic amines) is 1. The maximum Gasteiger partial charge on any atom is 0.409 e. The Hall–Kier alpha value is -2.35. The van der Waals surface area contributed by atoms with Crippen LogP contribution in [0.2, 0.25) is 0 Å². The molecular formula is C20H29FN4O3. The van der Waals surface area contributed by atoms with Crippen molar-refractivity contribution >= 4 is 17.7 Å². The van der Waals surface area contributed by atoms with E-state index in [0.29, 0.717) is 58.1 Å². The third-order valence-electron chi connectivity index (χ3n) is 5.39. The molecule has 0 atom stereocenters. The lowest BCUT2D eigenvalue weighted by Gasteiger charge is -2.37. The van der Waals surface area contributed by atoms with Crippen molar-refractivity contribution in [1.29, 1.82) is 0 Å². The maximum absolute atomic E-state index is 13.9. The zero-order valence-corrected chi connectivity index (χ0v) is 16.4. The first kappa shape index (κ1) is 20.4. The van der Waals surface area contributed by atoms with E-state index in [1.54, 1.807) is 24.0 Å². The summed E-state index contributed by atoms with van der Waals surface area (Å²) < 4.78 is 18.9. The molecule has 0 saturated carbocycles. The topological polar surface area (TPSA) is 65.1 Å². The maximum atomic E-state index is 13.9. The third kappa shape index (κ3) is 5.13. The van der Waals surface area contributed by atoms with Crippen molar-refractivity contribution < 1.29 is 18.7 Å². The Kier molecular flexibility index (Phi) is 7.08. The van der Waals surface area contributed by atoms with E-state index < -0.39 is 0 Å². The number of rotatable bonds is 5. The van der Waals surface area contributed by atoms with E-state index in [1.165, 1.54) is 6.07 Å². The Labute approximate surface area is 165 Å². The molecule has 0 bridgehead atoms. The Bertz CT molecular complexity index is 671. The van der Waals surface area contributed by atoms with Crippen LogP contribution in [0.5, 0.6) is 0 Å². The largest absolute Gasteiger partial charge is 0.450 e. The van der Waals surface area contributed by atoms with Gasteiger partial charge in [-0.2, -0.15) is 0 Å². The van der Waals surface area contributed by atoms with E-state index in [4.69, 9.17) is 4.74 Å². The van der Waals surface area contributed by atoms with Gasteiger partial charge in [0.1, 0.15) is 5.82 Å². The molecule has 28 heavy (non-hydrogen) atoms. The minimum absolute atomic E-state index is 0.0704. The zero-order valence-electron chi connectivity index (χ0n) is 16.4. The van der Waals surface area contributed by atoms with Crippen LogP contribution in [0.1, 0.15) is 19.8 Å². The van der Waals surface area contributed by atoms with Crippen LogP contribution in [-0.4, -0.2) is 80.3 Å². The molecule has 8 heteroatoms. The SMILES string of the molecule is CCOC(=O)N1CCC(NCC(=O)N2CCN(c3ccccc3F)CC2)CC1. The third-order valence-corrected chi connectivity index (χ3v) is 5.39. The van der Waals surface area contributed by atoms with E-state index in [9.17, 15) is 14.0 Å². The smallest absolute Gasteiger partial charge is 0.409 e. The molecule has 2 fully saturated rings. The number of piperazine rings is 1. The Morgan fingerprint density at radius 2 is 1.75 bits per heavy atom. The summed E-state index contributed by atoms with van der Waals surface area (Å²) in [7, 11) is 0. The zero-order chi connectivity index (χ0) is 19.9. The monoisotopic (exact) mass is 392 g/mol. The van der Waals surface area contributed by atoms with Crippen LogP contribution >= 0.6 is 0 Å². The fraction of sp³-hybridized carbons (Fsp3) is 0.600. The lowest BCUT2D eigenvalue weighted by molar-refractivity contribution is -0.130. The fourth-order valence-electron chi connectivity index (χ4n) is 3.73. The Balaban J connectivity index is 1.37. The van der Waals surface area contributed by atoms with Crippen LogP contribution in [0.15, 0.2) is 24.3 Å². The van der Waals surface area contributed by atoms with Gasteiger partial charge in [0.15, 0.2) is 0 Å². The second-order valence-electron chi connectivity index (χ2n) is 7.16. The lowest BCUT2D eigenvalue weighted by atomic mass is 10.1. The van der Waals surface area contributed by atoms with Crippen LogP contribution < -0.4 is 10.2 Å². The van der Waals surface area contributed by atoms with Gasteiger partial charge in [-0.25, -0.2) is 9.18 Å². The first-order chi connectivity index (χ1) is 13.6. The number of nitrogens with zero attached hydrogens (tertiary/aromatic N) is 3. The van der Waals surface area contributed by atoms with Gasteiger partial charge in [0.05, 0.1) is 18.8 Å². The van der Waals surface area contributed by atoms with Crippen molar-refractivity contribution in [3.63, 3.8) is 0 Å². The van der Waals surface area contributed by atoms with Gasteiger partial charge in [-0.15, -0.1) is 0 Å². The van der Waals surface area contributed by atoms with E-state index in [1.807, 2.05) is 15.9 Å². The fourth-order valence-corrected chi connectivity index (χ4v) is 3.73. The molecule has 2 heterocycles. The number of amides is 2. The van der Waals surface area contributed by atoms with Gasteiger partial charge in [-0.05, 0) is 31.9 Å². The molecule has 1 aromatic rings. The number of ether oxygens (including phenoxy) is 1. The summed E-state index contributed by atoms with van der Waals surface area (Å²) in [5.41, 5.74) is 0.598. The second kappa shape index (κ2) is 9.73. The minimum Gasteiger partial charge on any atom is -0.450 e. The first-order valence-corrected chi connectivity index (χ1v) is 10.0. The van der Waals surface area contributed by atoms with Crippen molar-refractivity contribution in [1.82, 2.24) is 15.1 Å².